The van der Waals surface area contributed by atoms with Crippen LogP contribution in [0.5, 0.6) is 0 Å². The van der Waals surface area contributed by atoms with Gasteiger partial charge in [0.2, 0.25) is 0 Å². The maximum absolute atomic E-state index is 4.85. The first-order valence-corrected chi connectivity index (χ1v) is 7.14. The third-order valence-corrected chi connectivity index (χ3v) is 3.49. The van der Waals surface area contributed by atoms with E-state index in [0.717, 1.165) is 6.54 Å². The lowest BCUT2D eigenvalue weighted by Gasteiger charge is -2.22. The van der Waals surface area contributed by atoms with Crippen LogP contribution in [-0.2, 0) is 0 Å². The monoisotopic (exact) mass is 223 g/mol. The first kappa shape index (κ1) is 13.7. The van der Waals surface area contributed by atoms with Gasteiger partial charge in [-0.1, -0.05) is 59.3 Å². The highest BCUT2D eigenvalue weighted by Gasteiger charge is 2.17. The van der Waals surface area contributed by atoms with Gasteiger partial charge in [-0.3, -0.25) is 4.99 Å². The van der Waals surface area contributed by atoms with Gasteiger partial charge in [0.15, 0.2) is 0 Å². The van der Waals surface area contributed by atoms with Crippen LogP contribution in [0.1, 0.15) is 78.6 Å². The average Bonchev–Trinajstić information content (AvgIpc) is 2.16. The summed E-state index contributed by atoms with van der Waals surface area (Å²) in [5.41, 5.74) is 1.73. The molecule has 0 N–H and O–H groups in total. The van der Waals surface area contributed by atoms with Crippen LogP contribution in [0.15, 0.2) is 4.99 Å². The fourth-order valence-corrected chi connectivity index (χ4v) is 2.37. The molecule has 0 bridgehead atoms. The van der Waals surface area contributed by atoms with Crippen LogP contribution in [0.2, 0.25) is 0 Å². The maximum atomic E-state index is 4.85. The minimum Gasteiger partial charge on any atom is -0.294 e. The number of hydrogen-bond donors (Lipinski definition) is 0. The molecule has 0 atom stereocenters. The number of rotatable bonds is 0. The molecule has 94 valence electrons. The van der Waals surface area contributed by atoms with Gasteiger partial charge in [0, 0.05) is 12.3 Å². The van der Waals surface area contributed by atoms with E-state index in [9.17, 15) is 0 Å². The zero-order valence-electron chi connectivity index (χ0n) is 11.5. The molecule has 0 saturated carbocycles. The summed E-state index contributed by atoms with van der Waals surface area (Å²) in [5, 5.41) is 0. The Kier molecular flexibility index (Phi) is 6.08. The van der Waals surface area contributed by atoms with Crippen molar-refractivity contribution in [2.45, 2.75) is 78.6 Å². The summed E-state index contributed by atoms with van der Waals surface area (Å²) < 4.78 is 0. The van der Waals surface area contributed by atoms with Crippen molar-refractivity contribution >= 4 is 5.71 Å². The second kappa shape index (κ2) is 7.09. The molecule has 1 aliphatic heterocycles. The minimum atomic E-state index is 0.282. The number of aliphatic imine (C=N–C) groups is 1. The van der Waals surface area contributed by atoms with E-state index < -0.39 is 0 Å². The van der Waals surface area contributed by atoms with Crippen LogP contribution in [0.4, 0.5) is 0 Å². The molecule has 0 aromatic rings. The number of hydrogen-bond acceptors (Lipinski definition) is 1. The van der Waals surface area contributed by atoms with E-state index in [1.54, 1.807) is 0 Å². The molecule has 1 heterocycles. The average molecular weight is 223 g/mol. The molecule has 0 unspecified atom stereocenters. The van der Waals surface area contributed by atoms with E-state index >= 15 is 0 Å². The van der Waals surface area contributed by atoms with Gasteiger partial charge in [-0.2, -0.15) is 0 Å². The molecule has 1 heteroatoms. The van der Waals surface area contributed by atoms with Crippen molar-refractivity contribution in [2.24, 2.45) is 10.4 Å². The van der Waals surface area contributed by atoms with Crippen LogP contribution in [0.25, 0.3) is 0 Å². The quantitative estimate of drug-likeness (QED) is 0.548. The summed E-state index contributed by atoms with van der Waals surface area (Å²) in [6.07, 6.45) is 12.4. The Balaban J connectivity index is 2.50. The molecule has 0 fully saturated rings. The van der Waals surface area contributed by atoms with Gasteiger partial charge < -0.3 is 0 Å². The highest BCUT2D eigenvalue weighted by atomic mass is 14.7. The fourth-order valence-electron chi connectivity index (χ4n) is 2.37. The van der Waals surface area contributed by atoms with Gasteiger partial charge in [-0.15, -0.1) is 0 Å². The van der Waals surface area contributed by atoms with E-state index in [1.165, 1.54) is 63.5 Å². The van der Waals surface area contributed by atoms with Crippen LogP contribution in [0, 0.1) is 5.41 Å². The largest absolute Gasteiger partial charge is 0.294 e. The molecule has 16 heavy (non-hydrogen) atoms. The van der Waals surface area contributed by atoms with Gasteiger partial charge in [0.1, 0.15) is 0 Å². The van der Waals surface area contributed by atoms with Gasteiger partial charge in [-0.25, -0.2) is 0 Å². The summed E-state index contributed by atoms with van der Waals surface area (Å²) in [6.45, 7) is 7.97. The lowest BCUT2D eigenvalue weighted by Crippen LogP contribution is -2.21. The third-order valence-electron chi connectivity index (χ3n) is 3.49. The highest BCUT2D eigenvalue weighted by molar-refractivity contribution is 5.89. The fraction of sp³-hybridized carbons (Fsp3) is 0.933. The molecule has 0 aromatic carbocycles. The van der Waals surface area contributed by atoms with Crippen molar-refractivity contribution < 1.29 is 0 Å². The summed E-state index contributed by atoms with van der Waals surface area (Å²) in [6, 6.07) is 0. The summed E-state index contributed by atoms with van der Waals surface area (Å²) >= 11 is 0. The first-order valence-electron chi connectivity index (χ1n) is 7.14. The molecule has 1 rings (SSSR count). The third kappa shape index (κ3) is 5.67. The standard InChI is InChI=1S/C15H29N/c1-15(2,3)14-12-10-8-6-4-5-7-9-11-13-16-14/h4-13H2,1-3H3/b16-14-. The van der Waals surface area contributed by atoms with Gasteiger partial charge >= 0.3 is 0 Å². The Morgan fingerprint density at radius 3 is 1.81 bits per heavy atom. The molecule has 1 nitrogen and oxygen atoms in total. The molecular formula is C15H29N. The SMILES string of the molecule is CC(C)(C)/C1=N\CCCCCCCCCC1. The first-order chi connectivity index (χ1) is 7.61. The molecular weight excluding hydrogens is 194 g/mol. The summed E-state index contributed by atoms with van der Waals surface area (Å²) in [7, 11) is 0. The summed E-state index contributed by atoms with van der Waals surface area (Å²) in [5.74, 6) is 0. The Morgan fingerprint density at radius 2 is 1.25 bits per heavy atom. The van der Waals surface area contributed by atoms with Crippen molar-refractivity contribution in [1.82, 2.24) is 0 Å². The molecule has 0 spiro atoms. The normalized spacial score (nSPS) is 25.1. The predicted molar refractivity (Wildman–Crippen MR) is 73.3 cm³/mol. The van der Waals surface area contributed by atoms with Crippen molar-refractivity contribution in [3.8, 4) is 0 Å². The van der Waals surface area contributed by atoms with Crippen molar-refractivity contribution in [3.63, 3.8) is 0 Å². The molecule has 1 aliphatic rings. The van der Waals surface area contributed by atoms with Gasteiger partial charge in [-0.05, 0) is 24.7 Å². The predicted octanol–water partition coefficient (Wildman–Crippen LogP) is 5.00. The van der Waals surface area contributed by atoms with E-state index in [4.69, 9.17) is 4.99 Å². The number of nitrogens with zero attached hydrogens (tertiary/aromatic N) is 1. The lowest BCUT2D eigenvalue weighted by molar-refractivity contribution is 0.537. The molecule has 0 aromatic heterocycles. The summed E-state index contributed by atoms with van der Waals surface area (Å²) in [4.78, 5) is 4.85. The lowest BCUT2D eigenvalue weighted by atomic mass is 9.86. The second-order valence-electron chi connectivity index (χ2n) is 6.16. The molecule has 0 radical (unpaired) electrons. The van der Waals surface area contributed by atoms with Crippen molar-refractivity contribution in [3.05, 3.63) is 0 Å². The smallest absolute Gasteiger partial charge is 0.0388 e. The van der Waals surface area contributed by atoms with E-state index in [2.05, 4.69) is 20.8 Å². The van der Waals surface area contributed by atoms with Gasteiger partial charge in [0.05, 0.1) is 0 Å². The topological polar surface area (TPSA) is 12.4 Å². The van der Waals surface area contributed by atoms with Crippen LogP contribution in [-0.4, -0.2) is 12.3 Å². The Morgan fingerprint density at radius 1 is 0.750 bits per heavy atom. The second-order valence-corrected chi connectivity index (χ2v) is 6.16. The molecule has 0 amide bonds. The van der Waals surface area contributed by atoms with Crippen LogP contribution >= 0.6 is 0 Å². The van der Waals surface area contributed by atoms with E-state index in [0.29, 0.717) is 0 Å². The maximum Gasteiger partial charge on any atom is 0.0388 e. The molecule has 0 saturated heterocycles. The van der Waals surface area contributed by atoms with Gasteiger partial charge in [0.25, 0.3) is 0 Å². The Hall–Kier alpha value is -0.330. The van der Waals surface area contributed by atoms with E-state index in [-0.39, 0.29) is 5.41 Å². The zero-order valence-corrected chi connectivity index (χ0v) is 11.5. The van der Waals surface area contributed by atoms with E-state index in [1.807, 2.05) is 0 Å². The Bertz CT molecular complexity index is 210. The zero-order chi connectivity index (χ0) is 11.9. The van der Waals surface area contributed by atoms with Crippen LogP contribution in [0.3, 0.4) is 0 Å². The van der Waals surface area contributed by atoms with Crippen LogP contribution < -0.4 is 0 Å². The van der Waals surface area contributed by atoms with Crippen molar-refractivity contribution in [1.29, 1.82) is 0 Å². The minimum absolute atomic E-state index is 0.282. The Labute approximate surface area is 102 Å². The van der Waals surface area contributed by atoms with Crippen molar-refractivity contribution in [2.75, 3.05) is 6.54 Å². The molecule has 0 aliphatic carbocycles. The highest BCUT2D eigenvalue weighted by Crippen LogP contribution is 2.22.